The Hall–Kier alpha value is -0.930. The van der Waals surface area contributed by atoms with E-state index in [0.29, 0.717) is 31.5 Å². The summed E-state index contributed by atoms with van der Waals surface area (Å²) in [6.45, 7) is 0. The van der Waals surface area contributed by atoms with E-state index in [0.717, 1.165) is 25.7 Å². The fourth-order valence-electron chi connectivity index (χ4n) is 2.98. The highest BCUT2D eigenvalue weighted by molar-refractivity contribution is 5.79. The molecule has 0 aliphatic heterocycles. The molecule has 4 heteroatoms. The second-order valence-corrected chi connectivity index (χ2v) is 5.06. The lowest BCUT2D eigenvalue weighted by atomic mass is 9.64. The molecule has 4 nitrogen and oxygen atoms in total. The van der Waals surface area contributed by atoms with Crippen LogP contribution in [0.1, 0.15) is 51.4 Å². The van der Waals surface area contributed by atoms with E-state index in [4.69, 9.17) is 0 Å². The Labute approximate surface area is 89.2 Å². The molecule has 0 saturated heterocycles. The van der Waals surface area contributed by atoms with Gasteiger partial charge in [0.05, 0.1) is 0 Å². The van der Waals surface area contributed by atoms with Crippen LogP contribution in [0, 0.1) is 15.5 Å². The second-order valence-electron chi connectivity index (χ2n) is 5.06. The lowest BCUT2D eigenvalue weighted by Crippen LogP contribution is -2.36. The standard InChI is InChI=1S/C11H17NO3/c13-10-3-7-11(8-4-10)5-1-9(2-6-11)12(14)15/h9H,1-8H2. The van der Waals surface area contributed by atoms with Gasteiger partial charge in [-0.1, -0.05) is 0 Å². The summed E-state index contributed by atoms with van der Waals surface area (Å²) in [5.41, 5.74) is 0.278. The molecule has 0 atom stereocenters. The predicted molar refractivity (Wildman–Crippen MR) is 55.2 cm³/mol. The Balaban J connectivity index is 1.92. The van der Waals surface area contributed by atoms with Crippen LogP contribution in [0.3, 0.4) is 0 Å². The molecule has 1 spiro atoms. The Morgan fingerprint density at radius 1 is 1.13 bits per heavy atom. The Morgan fingerprint density at radius 3 is 2.13 bits per heavy atom. The third kappa shape index (κ3) is 2.19. The van der Waals surface area contributed by atoms with Crippen LogP contribution in [0.15, 0.2) is 0 Å². The van der Waals surface area contributed by atoms with Gasteiger partial charge in [-0.2, -0.15) is 0 Å². The maximum atomic E-state index is 11.2. The van der Waals surface area contributed by atoms with Gasteiger partial charge in [0, 0.05) is 30.6 Å². The minimum absolute atomic E-state index is 0.138. The molecule has 15 heavy (non-hydrogen) atoms. The zero-order valence-corrected chi connectivity index (χ0v) is 8.91. The molecule has 2 rings (SSSR count). The number of ketones is 1. The number of rotatable bonds is 1. The highest BCUT2D eigenvalue weighted by Crippen LogP contribution is 2.46. The van der Waals surface area contributed by atoms with Crippen LogP contribution in [0.4, 0.5) is 0 Å². The summed E-state index contributed by atoms with van der Waals surface area (Å²) in [6.07, 6.45) is 6.65. The molecule has 0 bridgehead atoms. The molecule has 0 N–H and O–H groups in total. The van der Waals surface area contributed by atoms with E-state index in [9.17, 15) is 14.9 Å². The number of nitro groups is 1. The first-order valence-corrected chi connectivity index (χ1v) is 5.77. The van der Waals surface area contributed by atoms with Crippen molar-refractivity contribution in [1.29, 1.82) is 0 Å². The van der Waals surface area contributed by atoms with Crippen LogP contribution in [-0.4, -0.2) is 16.7 Å². The van der Waals surface area contributed by atoms with Crippen molar-refractivity contribution in [2.24, 2.45) is 5.41 Å². The summed E-state index contributed by atoms with van der Waals surface area (Å²) in [5, 5.41) is 10.6. The SMILES string of the molecule is O=C1CCC2(CC1)CCC([N+](=O)[O-])CC2. The summed E-state index contributed by atoms with van der Waals surface area (Å²) in [5.74, 6) is 0.372. The highest BCUT2D eigenvalue weighted by atomic mass is 16.6. The molecular formula is C11H17NO3. The minimum Gasteiger partial charge on any atom is -0.300 e. The molecule has 84 valence electrons. The molecule has 0 aromatic heterocycles. The van der Waals surface area contributed by atoms with Crippen LogP contribution in [0.5, 0.6) is 0 Å². The van der Waals surface area contributed by atoms with Gasteiger partial charge in [0.15, 0.2) is 0 Å². The van der Waals surface area contributed by atoms with Crippen molar-refractivity contribution >= 4 is 5.78 Å². The van der Waals surface area contributed by atoms with Crippen LogP contribution in [0.2, 0.25) is 0 Å². The summed E-state index contributed by atoms with van der Waals surface area (Å²) < 4.78 is 0. The van der Waals surface area contributed by atoms with Crippen molar-refractivity contribution in [2.45, 2.75) is 57.4 Å². The van der Waals surface area contributed by atoms with Crippen molar-refractivity contribution in [3.8, 4) is 0 Å². The average Bonchev–Trinajstić information content (AvgIpc) is 2.24. The van der Waals surface area contributed by atoms with Crippen LogP contribution < -0.4 is 0 Å². The van der Waals surface area contributed by atoms with Gasteiger partial charge >= 0.3 is 0 Å². The van der Waals surface area contributed by atoms with Gasteiger partial charge in [0.25, 0.3) is 0 Å². The van der Waals surface area contributed by atoms with Crippen molar-refractivity contribution in [3.05, 3.63) is 10.1 Å². The number of Topliss-reactive ketones (excluding diaryl/α,β-unsaturated/α-hetero) is 1. The van der Waals surface area contributed by atoms with E-state index in [1.54, 1.807) is 0 Å². The van der Waals surface area contributed by atoms with Gasteiger partial charge in [-0.15, -0.1) is 0 Å². The maximum Gasteiger partial charge on any atom is 0.213 e. The quantitative estimate of drug-likeness (QED) is 0.494. The first-order valence-electron chi connectivity index (χ1n) is 5.77. The van der Waals surface area contributed by atoms with E-state index in [-0.39, 0.29) is 16.4 Å². The van der Waals surface area contributed by atoms with Crippen LogP contribution in [0.25, 0.3) is 0 Å². The van der Waals surface area contributed by atoms with E-state index in [2.05, 4.69) is 0 Å². The van der Waals surface area contributed by atoms with Gasteiger partial charge in [-0.05, 0) is 31.1 Å². The topological polar surface area (TPSA) is 60.2 Å². The van der Waals surface area contributed by atoms with Crippen LogP contribution in [-0.2, 0) is 4.79 Å². The van der Waals surface area contributed by atoms with E-state index in [1.807, 2.05) is 0 Å². The Kier molecular flexibility index (Phi) is 2.76. The molecule has 2 saturated carbocycles. The number of nitrogens with zero attached hydrogens (tertiary/aromatic N) is 1. The molecule has 0 aromatic carbocycles. The van der Waals surface area contributed by atoms with Crippen molar-refractivity contribution in [2.75, 3.05) is 0 Å². The minimum atomic E-state index is -0.326. The Morgan fingerprint density at radius 2 is 1.67 bits per heavy atom. The first-order chi connectivity index (χ1) is 7.11. The molecule has 0 radical (unpaired) electrons. The van der Waals surface area contributed by atoms with Gasteiger partial charge in [-0.3, -0.25) is 14.9 Å². The summed E-state index contributed by atoms with van der Waals surface area (Å²) in [6, 6.07) is -0.326. The number of hydrogen-bond donors (Lipinski definition) is 0. The fourth-order valence-corrected chi connectivity index (χ4v) is 2.98. The highest BCUT2D eigenvalue weighted by Gasteiger charge is 2.40. The van der Waals surface area contributed by atoms with Crippen molar-refractivity contribution in [3.63, 3.8) is 0 Å². The normalized spacial score (nSPS) is 26.8. The number of carbonyl (C=O) groups is 1. The zero-order chi connectivity index (χ0) is 10.9. The smallest absolute Gasteiger partial charge is 0.213 e. The summed E-state index contributed by atoms with van der Waals surface area (Å²) in [4.78, 5) is 21.6. The van der Waals surface area contributed by atoms with E-state index < -0.39 is 0 Å². The van der Waals surface area contributed by atoms with Crippen molar-refractivity contribution in [1.82, 2.24) is 0 Å². The third-order valence-electron chi connectivity index (χ3n) is 4.18. The third-order valence-corrected chi connectivity index (χ3v) is 4.18. The van der Waals surface area contributed by atoms with Gasteiger partial charge < -0.3 is 0 Å². The first kappa shape index (κ1) is 10.6. The monoisotopic (exact) mass is 211 g/mol. The van der Waals surface area contributed by atoms with Gasteiger partial charge in [-0.25, -0.2) is 0 Å². The van der Waals surface area contributed by atoms with Gasteiger partial charge in [0.1, 0.15) is 5.78 Å². The summed E-state index contributed by atoms with van der Waals surface area (Å²) >= 11 is 0. The molecule has 0 heterocycles. The fraction of sp³-hybridized carbons (Fsp3) is 0.909. The summed E-state index contributed by atoms with van der Waals surface area (Å²) in [7, 11) is 0. The molecule has 0 amide bonds. The molecular weight excluding hydrogens is 194 g/mol. The molecule has 0 aromatic rings. The number of hydrogen-bond acceptors (Lipinski definition) is 3. The Bertz CT molecular complexity index is 268. The molecule has 2 aliphatic carbocycles. The van der Waals surface area contributed by atoms with Crippen molar-refractivity contribution < 1.29 is 9.72 Å². The average molecular weight is 211 g/mol. The zero-order valence-electron chi connectivity index (χ0n) is 8.91. The molecule has 2 aliphatic rings. The molecule has 2 fully saturated rings. The lowest BCUT2D eigenvalue weighted by molar-refractivity contribution is -0.528. The largest absolute Gasteiger partial charge is 0.300 e. The van der Waals surface area contributed by atoms with Gasteiger partial charge in [0.2, 0.25) is 6.04 Å². The molecule has 0 unspecified atom stereocenters. The van der Waals surface area contributed by atoms with E-state index in [1.165, 1.54) is 0 Å². The van der Waals surface area contributed by atoms with E-state index >= 15 is 0 Å². The lowest BCUT2D eigenvalue weighted by Gasteiger charge is -2.40. The van der Waals surface area contributed by atoms with Crippen LogP contribution >= 0.6 is 0 Å². The predicted octanol–water partition coefficient (Wildman–Crippen LogP) is 2.34. The second kappa shape index (κ2) is 3.91. The number of carbonyl (C=O) groups excluding carboxylic acids is 1. The maximum absolute atomic E-state index is 11.2.